The molecule has 2 aromatic heterocycles. The lowest BCUT2D eigenvalue weighted by Gasteiger charge is -2.32. The quantitative estimate of drug-likeness (QED) is 0.682. The normalized spacial score (nSPS) is 15.3. The molecule has 0 bridgehead atoms. The van der Waals surface area contributed by atoms with Crippen LogP contribution in [0.15, 0.2) is 42.7 Å². The first-order valence-electron chi connectivity index (χ1n) is 9.41. The minimum absolute atomic E-state index is 0.143. The fourth-order valence-corrected chi connectivity index (χ4v) is 4.66. The highest BCUT2D eigenvalue weighted by Gasteiger charge is 2.26. The fraction of sp³-hybridized carbons (Fsp3) is 0.381. The first-order chi connectivity index (χ1) is 13.1. The number of amides is 1. The number of imidazole rings is 1. The van der Waals surface area contributed by atoms with Crippen molar-refractivity contribution in [1.29, 1.82) is 0 Å². The Balaban J connectivity index is 1.39. The molecule has 0 aliphatic carbocycles. The van der Waals surface area contributed by atoms with Crippen LogP contribution in [0.3, 0.4) is 0 Å². The van der Waals surface area contributed by atoms with Crippen LogP contribution >= 0.6 is 11.3 Å². The molecule has 0 radical (unpaired) electrons. The topological polar surface area (TPSA) is 51.0 Å². The van der Waals surface area contributed by atoms with Crippen molar-refractivity contribution in [1.82, 2.24) is 19.4 Å². The zero-order chi connectivity index (χ0) is 18.8. The van der Waals surface area contributed by atoms with Gasteiger partial charge in [-0.3, -0.25) is 4.79 Å². The summed E-state index contributed by atoms with van der Waals surface area (Å²) in [5.74, 6) is 1.73. The predicted octanol–water partition coefficient (Wildman–Crippen LogP) is 4.18. The van der Waals surface area contributed by atoms with Gasteiger partial charge in [0, 0.05) is 37.6 Å². The van der Waals surface area contributed by atoms with E-state index in [1.165, 1.54) is 11.3 Å². The summed E-state index contributed by atoms with van der Waals surface area (Å²) >= 11 is 1.51. The zero-order valence-corrected chi connectivity index (χ0v) is 16.6. The lowest BCUT2D eigenvalue weighted by Crippen LogP contribution is -2.39. The molecule has 1 fully saturated rings. The first-order valence-corrected chi connectivity index (χ1v) is 10.2. The Bertz CT molecular complexity index is 923. The van der Waals surface area contributed by atoms with E-state index in [9.17, 15) is 4.79 Å². The SMILES string of the molecule is Cc1nc(C)c(C(=O)N2CCC(Cn3ccnc3-c3ccccc3)CC2)s1. The molecule has 1 aromatic carbocycles. The minimum atomic E-state index is 0.143. The molecule has 0 unspecified atom stereocenters. The van der Waals surface area contributed by atoms with E-state index >= 15 is 0 Å². The zero-order valence-electron chi connectivity index (χ0n) is 15.8. The molecule has 3 aromatic rings. The van der Waals surface area contributed by atoms with E-state index in [4.69, 9.17) is 0 Å². The third-order valence-electron chi connectivity index (χ3n) is 5.20. The average Bonchev–Trinajstić information content (AvgIpc) is 3.28. The summed E-state index contributed by atoms with van der Waals surface area (Å²) in [6, 6.07) is 10.3. The molecular formula is C21H24N4OS. The monoisotopic (exact) mass is 380 g/mol. The third-order valence-corrected chi connectivity index (χ3v) is 6.26. The number of nitrogens with zero attached hydrogens (tertiary/aromatic N) is 4. The number of hydrogen-bond acceptors (Lipinski definition) is 4. The van der Waals surface area contributed by atoms with Gasteiger partial charge in [-0.05, 0) is 32.6 Å². The minimum Gasteiger partial charge on any atom is -0.338 e. The van der Waals surface area contributed by atoms with Crippen molar-refractivity contribution in [3.8, 4) is 11.4 Å². The summed E-state index contributed by atoms with van der Waals surface area (Å²) < 4.78 is 2.24. The number of aromatic nitrogens is 3. The second kappa shape index (κ2) is 7.64. The standard InChI is InChI=1S/C21H24N4OS/c1-15-19(27-16(2)23-15)21(26)24-11-8-17(9-12-24)14-25-13-10-22-20(25)18-6-4-3-5-7-18/h3-7,10,13,17H,8-9,11-12,14H2,1-2H3. The van der Waals surface area contributed by atoms with Crippen LogP contribution in [-0.4, -0.2) is 38.4 Å². The molecule has 140 valence electrons. The van der Waals surface area contributed by atoms with Gasteiger partial charge in [0.15, 0.2) is 0 Å². The van der Waals surface area contributed by atoms with Crippen LogP contribution in [0.2, 0.25) is 0 Å². The number of hydrogen-bond donors (Lipinski definition) is 0. The molecule has 0 atom stereocenters. The van der Waals surface area contributed by atoms with E-state index in [1.54, 1.807) is 0 Å². The Kier molecular flexibility index (Phi) is 5.07. The molecule has 1 aliphatic rings. The summed E-state index contributed by atoms with van der Waals surface area (Å²) in [7, 11) is 0. The molecule has 0 saturated carbocycles. The van der Waals surface area contributed by atoms with E-state index in [1.807, 2.05) is 43.1 Å². The molecular weight excluding hydrogens is 356 g/mol. The first kappa shape index (κ1) is 17.9. The average molecular weight is 381 g/mol. The largest absolute Gasteiger partial charge is 0.338 e. The van der Waals surface area contributed by atoms with E-state index in [-0.39, 0.29) is 5.91 Å². The molecule has 6 heteroatoms. The highest BCUT2D eigenvalue weighted by molar-refractivity contribution is 7.13. The number of thiazole rings is 1. The van der Waals surface area contributed by atoms with Crippen molar-refractivity contribution in [3.63, 3.8) is 0 Å². The number of rotatable bonds is 4. The summed E-state index contributed by atoms with van der Waals surface area (Å²) in [5.41, 5.74) is 2.00. The molecule has 3 heterocycles. The lowest BCUT2D eigenvalue weighted by atomic mass is 9.96. The fourth-order valence-electron chi connectivity index (χ4n) is 3.77. The Morgan fingerprint density at radius 1 is 1.19 bits per heavy atom. The summed E-state index contributed by atoms with van der Waals surface area (Å²) in [4.78, 5) is 24.5. The van der Waals surface area contributed by atoms with Crippen LogP contribution in [0.5, 0.6) is 0 Å². The van der Waals surface area contributed by atoms with E-state index < -0.39 is 0 Å². The van der Waals surface area contributed by atoms with Crippen LogP contribution in [-0.2, 0) is 6.54 Å². The molecule has 4 rings (SSSR count). The van der Waals surface area contributed by atoms with E-state index in [2.05, 4.69) is 32.9 Å². The highest BCUT2D eigenvalue weighted by atomic mass is 32.1. The van der Waals surface area contributed by atoms with Crippen molar-refractivity contribution in [2.75, 3.05) is 13.1 Å². The van der Waals surface area contributed by atoms with Crippen LogP contribution in [0.25, 0.3) is 11.4 Å². The Morgan fingerprint density at radius 3 is 2.59 bits per heavy atom. The molecule has 27 heavy (non-hydrogen) atoms. The van der Waals surface area contributed by atoms with Crippen LogP contribution in [0.4, 0.5) is 0 Å². The van der Waals surface area contributed by atoms with Crippen molar-refractivity contribution in [2.24, 2.45) is 5.92 Å². The van der Waals surface area contributed by atoms with Crippen molar-refractivity contribution < 1.29 is 4.79 Å². The van der Waals surface area contributed by atoms with Crippen molar-refractivity contribution >= 4 is 17.2 Å². The number of benzene rings is 1. The maximum absolute atomic E-state index is 12.8. The van der Waals surface area contributed by atoms with E-state index in [0.29, 0.717) is 5.92 Å². The number of aryl methyl sites for hydroxylation is 2. The van der Waals surface area contributed by atoms with Gasteiger partial charge in [-0.15, -0.1) is 11.3 Å². The predicted molar refractivity (Wildman–Crippen MR) is 108 cm³/mol. The highest BCUT2D eigenvalue weighted by Crippen LogP contribution is 2.26. The smallest absolute Gasteiger partial charge is 0.265 e. The Morgan fingerprint density at radius 2 is 1.93 bits per heavy atom. The second-order valence-corrected chi connectivity index (χ2v) is 8.36. The molecule has 0 N–H and O–H groups in total. The van der Waals surface area contributed by atoms with Crippen LogP contribution in [0, 0.1) is 19.8 Å². The Hall–Kier alpha value is -2.47. The molecule has 1 amide bonds. The third kappa shape index (κ3) is 3.81. The van der Waals surface area contributed by atoms with Gasteiger partial charge >= 0.3 is 0 Å². The van der Waals surface area contributed by atoms with Crippen LogP contribution in [0.1, 0.15) is 33.2 Å². The van der Waals surface area contributed by atoms with Crippen LogP contribution < -0.4 is 0 Å². The summed E-state index contributed by atoms with van der Waals surface area (Å²) in [5, 5.41) is 0.958. The van der Waals surface area contributed by atoms with E-state index in [0.717, 1.165) is 59.4 Å². The van der Waals surface area contributed by atoms with Gasteiger partial charge in [0.25, 0.3) is 5.91 Å². The summed E-state index contributed by atoms with van der Waals surface area (Å²) in [6.07, 6.45) is 5.98. The van der Waals surface area contributed by atoms with Crippen molar-refractivity contribution in [2.45, 2.75) is 33.2 Å². The molecule has 5 nitrogen and oxygen atoms in total. The number of likely N-dealkylation sites (tertiary alicyclic amines) is 1. The number of carbonyl (C=O) groups excluding carboxylic acids is 1. The van der Waals surface area contributed by atoms with Gasteiger partial charge in [0.05, 0.1) is 10.7 Å². The van der Waals surface area contributed by atoms with Gasteiger partial charge in [-0.1, -0.05) is 30.3 Å². The maximum atomic E-state index is 12.8. The van der Waals surface area contributed by atoms with Gasteiger partial charge in [0.2, 0.25) is 0 Å². The van der Waals surface area contributed by atoms with Gasteiger partial charge in [-0.2, -0.15) is 0 Å². The molecule has 1 saturated heterocycles. The maximum Gasteiger partial charge on any atom is 0.265 e. The van der Waals surface area contributed by atoms with Gasteiger partial charge in [-0.25, -0.2) is 9.97 Å². The van der Waals surface area contributed by atoms with Crippen molar-refractivity contribution in [3.05, 3.63) is 58.3 Å². The summed E-state index contributed by atoms with van der Waals surface area (Å²) in [6.45, 7) is 6.46. The number of carbonyl (C=O) groups is 1. The second-order valence-electron chi connectivity index (χ2n) is 7.15. The lowest BCUT2D eigenvalue weighted by molar-refractivity contribution is 0.0687. The number of piperidine rings is 1. The molecule has 1 aliphatic heterocycles. The van der Waals surface area contributed by atoms with Gasteiger partial charge < -0.3 is 9.47 Å². The molecule has 0 spiro atoms. The Labute approximate surface area is 163 Å². The van der Waals surface area contributed by atoms with Gasteiger partial charge in [0.1, 0.15) is 10.7 Å².